The van der Waals surface area contributed by atoms with Crippen LogP contribution < -0.4 is 4.74 Å². The summed E-state index contributed by atoms with van der Waals surface area (Å²) in [6.07, 6.45) is 1.71. The zero-order valence-corrected chi connectivity index (χ0v) is 20.3. The van der Waals surface area contributed by atoms with E-state index in [2.05, 4.69) is 45.8 Å². The lowest BCUT2D eigenvalue weighted by Gasteiger charge is -2.09. The molecule has 0 saturated heterocycles. The minimum absolute atomic E-state index is 0.243. The molecular weight excluding hydrogens is 537 g/mol. The highest BCUT2D eigenvalue weighted by atomic mass is 127. The highest BCUT2D eigenvalue weighted by Gasteiger charge is 2.24. The number of nitrogens with zero attached hydrogens (tertiary/aromatic N) is 1. The molecule has 0 aromatic heterocycles. The van der Waals surface area contributed by atoms with Crippen molar-refractivity contribution in [2.45, 2.75) is 6.61 Å². The fraction of sp³-hybridized carbons (Fsp3) is 0.0345. The quantitative estimate of drug-likeness (QED) is 0.148. The van der Waals surface area contributed by atoms with E-state index in [1.807, 2.05) is 84.9 Å². The van der Waals surface area contributed by atoms with Gasteiger partial charge in [-0.1, -0.05) is 72.8 Å². The van der Waals surface area contributed by atoms with Crippen molar-refractivity contribution in [2.75, 3.05) is 0 Å². The number of esters is 1. The highest BCUT2D eigenvalue weighted by molar-refractivity contribution is 14.1. The monoisotopic (exact) mass is 557 g/mol. The van der Waals surface area contributed by atoms with Crippen molar-refractivity contribution < 1.29 is 14.3 Å². The first kappa shape index (κ1) is 22.1. The van der Waals surface area contributed by atoms with Gasteiger partial charge in [0.05, 0.1) is 0 Å². The Bertz CT molecular complexity index is 1390. The largest absolute Gasteiger partial charge is 0.488 e. The third-order valence-electron chi connectivity index (χ3n) is 5.35. The van der Waals surface area contributed by atoms with E-state index in [-0.39, 0.29) is 5.70 Å². The summed E-state index contributed by atoms with van der Waals surface area (Å²) in [6, 6.07) is 33.7. The highest BCUT2D eigenvalue weighted by Crippen LogP contribution is 2.26. The molecule has 4 aromatic rings. The molecule has 1 heterocycles. The number of rotatable bonds is 6. The molecule has 1 aliphatic heterocycles. The topological polar surface area (TPSA) is 47.9 Å². The van der Waals surface area contributed by atoms with Gasteiger partial charge in [-0.3, -0.25) is 0 Å². The van der Waals surface area contributed by atoms with Crippen molar-refractivity contribution in [2.24, 2.45) is 4.99 Å². The third-order valence-corrected chi connectivity index (χ3v) is 6.03. The minimum atomic E-state index is -0.477. The maximum atomic E-state index is 12.5. The van der Waals surface area contributed by atoms with Crippen molar-refractivity contribution in [1.82, 2.24) is 0 Å². The van der Waals surface area contributed by atoms with Gasteiger partial charge in [0.25, 0.3) is 0 Å². The molecule has 0 spiro atoms. The van der Waals surface area contributed by atoms with Crippen LogP contribution >= 0.6 is 22.6 Å². The van der Waals surface area contributed by atoms with Crippen LogP contribution in [0.2, 0.25) is 0 Å². The molecule has 0 radical (unpaired) electrons. The number of benzene rings is 4. The summed E-state index contributed by atoms with van der Waals surface area (Å²) in [5.74, 6) is 0.500. The van der Waals surface area contributed by atoms with Gasteiger partial charge in [-0.2, -0.15) is 0 Å². The van der Waals surface area contributed by atoms with E-state index in [0.717, 1.165) is 31.4 Å². The number of carbonyl (C=O) groups is 1. The minimum Gasteiger partial charge on any atom is -0.488 e. The maximum absolute atomic E-state index is 12.5. The average molecular weight is 557 g/mol. The van der Waals surface area contributed by atoms with Gasteiger partial charge in [-0.25, -0.2) is 9.79 Å². The molecular formula is C29H20INO3. The molecule has 0 unspecified atom stereocenters. The molecule has 0 N–H and O–H groups in total. The molecule has 0 aliphatic carbocycles. The van der Waals surface area contributed by atoms with Crippen molar-refractivity contribution in [1.29, 1.82) is 0 Å². The predicted octanol–water partition coefficient (Wildman–Crippen LogP) is 6.88. The van der Waals surface area contributed by atoms with Gasteiger partial charge in [-0.15, -0.1) is 0 Å². The van der Waals surface area contributed by atoms with Gasteiger partial charge >= 0.3 is 5.97 Å². The Morgan fingerprint density at radius 1 is 0.794 bits per heavy atom. The van der Waals surface area contributed by atoms with Gasteiger partial charge in [0, 0.05) is 14.7 Å². The Morgan fingerprint density at radius 3 is 2.29 bits per heavy atom. The molecule has 0 amide bonds. The second-order valence-electron chi connectivity index (χ2n) is 7.74. The van der Waals surface area contributed by atoms with E-state index in [4.69, 9.17) is 9.47 Å². The number of carbonyl (C=O) groups excluding carboxylic acids is 1. The maximum Gasteiger partial charge on any atom is 0.363 e. The van der Waals surface area contributed by atoms with Crippen LogP contribution in [0.3, 0.4) is 0 Å². The lowest BCUT2D eigenvalue weighted by Crippen LogP contribution is -2.05. The molecule has 5 rings (SSSR count). The third kappa shape index (κ3) is 5.10. The fourth-order valence-electron chi connectivity index (χ4n) is 3.63. The van der Waals surface area contributed by atoms with E-state index in [1.54, 1.807) is 6.08 Å². The summed E-state index contributed by atoms with van der Waals surface area (Å²) in [4.78, 5) is 17.0. The van der Waals surface area contributed by atoms with Crippen molar-refractivity contribution in [3.05, 3.63) is 129 Å². The van der Waals surface area contributed by atoms with Gasteiger partial charge in [-0.05, 0) is 75.7 Å². The number of para-hydroxylation sites is 1. The van der Waals surface area contributed by atoms with Crippen molar-refractivity contribution in [3.63, 3.8) is 0 Å². The van der Waals surface area contributed by atoms with Crippen LogP contribution in [-0.4, -0.2) is 11.9 Å². The summed E-state index contributed by atoms with van der Waals surface area (Å²) >= 11 is 2.28. The Labute approximate surface area is 211 Å². The second-order valence-corrected chi connectivity index (χ2v) is 8.98. The molecule has 1 aliphatic rings. The zero-order valence-electron chi connectivity index (χ0n) is 18.1. The molecule has 0 atom stereocenters. The normalized spacial score (nSPS) is 14.1. The van der Waals surface area contributed by atoms with Crippen LogP contribution in [0.25, 0.3) is 17.2 Å². The lowest BCUT2D eigenvalue weighted by atomic mass is 10.0. The average Bonchev–Trinajstić information content (AvgIpc) is 3.24. The molecule has 5 heteroatoms. The summed E-state index contributed by atoms with van der Waals surface area (Å²) in [5, 5.41) is 0. The van der Waals surface area contributed by atoms with Crippen LogP contribution in [0.1, 0.15) is 16.7 Å². The first-order chi connectivity index (χ1) is 16.7. The predicted molar refractivity (Wildman–Crippen MR) is 142 cm³/mol. The summed E-state index contributed by atoms with van der Waals surface area (Å²) in [5.41, 5.74) is 5.05. The Balaban J connectivity index is 1.36. The number of halogens is 1. The Kier molecular flexibility index (Phi) is 6.53. The number of hydrogen-bond acceptors (Lipinski definition) is 4. The lowest BCUT2D eigenvalue weighted by molar-refractivity contribution is -0.129. The van der Waals surface area contributed by atoms with Crippen LogP contribution in [0.5, 0.6) is 5.75 Å². The summed E-state index contributed by atoms with van der Waals surface area (Å²) in [6.45, 7) is 0.434. The molecule has 4 nitrogen and oxygen atoms in total. The van der Waals surface area contributed by atoms with Gasteiger partial charge < -0.3 is 9.47 Å². The van der Waals surface area contributed by atoms with Crippen LogP contribution in [0, 0.1) is 3.57 Å². The van der Waals surface area contributed by atoms with Crippen molar-refractivity contribution in [3.8, 4) is 16.9 Å². The second kappa shape index (κ2) is 10.1. The number of hydrogen-bond donors (Lipinski definition) is 0. The molecule has 34 heavy (non-hydrogen) atoms. The van der Waals surface area contributed by atoms with Gasteiger partial charge in [0.15, 0.2) is 5.70 Å². The fourth-order valence-corrected chi connectivity index (χ4v) is 4.24. The van der Waals surface area contributed by atoms with Crippen molar-refractivity contribution >= 4 is 40.5 Å². The SMILES string of the molecule is O=C1OC(c2ccc(-c3ccccc3)cc2)=N/C1=C\c1ccccc1OCc1cccc(I)c1. The standard InChI is InChI=1S/C29H20INO3/c30-25-11-6-7-20(17-25)19-33-27-12-5-4-10-24(27)18-26-29(32)34-28(31-26)23-15-13-22(14-16-23)21-8-2-1-3-9-21/h1-18H,19H2/b26-18-. The smallest absolute Gasteiger partial charge is 0.363 e. The number of cyclic esters (lactones) is 1. The first-order valence-electron chi connectivity index (χ1n) is 10.8. The van der Waals surface area contributed by atoms with E-state index in [0.29, 0.717) is 18.3 Å². The number of aliphatic imine (C=N–C) groups is 1. The number of ether oxygens (including phenoxy) is 2. The molecule has 0 bridgehead atoms. The van der Waals surface area contributed by atoms with E-state index >= 15 is 0 Å². The zero-order chi connectivity index (χ0) is 23.3. The molecule has 4 aromatic carbocycles. The van der Waals surface area contributed by atoms with Crippen LogP contribution in [0.4, 0.5) is 0 Å². The van der Waals surface area contributed by atoms with E-state index < -0.39 is 5.97 Å². The van der Waals surface area contributed by atoms with Gasteiger partial charge in [0.2, 0.25) is 5.90 Å². The summed E-state index contributed by atoms with van der Waals surface area (Å²) in [7, 11) is 0. The Morgan fingerprint density at radius 2 is 1.50 bits per heavy atom. The Hall–Kier alpha value is -3.71. The molecule has 0 fully saturated rings. The van der Waals surface area contributed by atoms with E-state index in [9.17, 15) is 4.79 Å². The van der Waals surface area contributed by atoms with Gasteiger partial charge in [0.1, 0.15) is 12.4 Å². The van der Waals surface area contributed by atoms with E-state index in [1.165, 1.54) is 0 Å². The molecule has 166 valence electrons. The van der Waals surface area contributed by atoms with Crippen LogP contribution in [-0.2, 0) is 16.1 Å². The summed E-state index contributed by atoms with van der Waals surface area (Å²) < 4.78 is 12.7. The molecule has 0 saturated carbocycles. The first-order valence-corrected chi connectivity index (χ1v) is 11.9. The van der Waals surface area contributed by atoms with Crippen LogP contribution in [0.15, 0.2) is 114 Å².